The lowest BCUT2D eigenvalue weighted by Crippen LogP contribution is -3.29. The summed E-state index contributed by atoms with van der Waals surface area (Å²) in [5.74, 6) is 0.622. The van der Waals surface area contributed by atoms with Crippen LogP contribution in [0, 0.1) is 5.82 Å². The van der Waals surface area contributed by atoms with Crippen LogP contribution in [0.5, 0.6) is 0 Å². The highest BCUT2D eigenvalue weighted by Crippen LogP contribution is 2.18. The third-order valence-electron chi connectivity index (χ3n) is 5.84. The smallest absolute Gasteiger partial charge is 0.214 e. The van der Waals surface area contributed by atoms with Gasteiger partial charge in [0.2, 0.25) is 5.82 Å². The number of hydrogen-bond donors (Lipinski definition) is 2. The maximum absolute atomic E-state index is 13.5. The number of piperazine rings is 1. The number of quaternary nitrogens is 2. The van der Waals surface area contributed by atoms with E-state index in [0.29, 0.717) is 19.2 Å². The molecule has 0 amide bonds. The van der Waals surface area contributed by atoms with Gasteiger partial charge in [0, 0.05) is 25.5 Å². The molecule has 2 aliphatic heterocycles. The fraction of sp³-hybridized carbons (Fsp3) is 0.611. The van der Waals surface area contributed by atoms with Crippen molar-refractivity contribution in [3.8, 4) is 0 Å². The zero-order valence-corrected chi connectivity index (χ0v) is 15.2. The highest BCUT2D eigenvalue weighted by atomic mass is 19.1. The first-order valence-electron chi connectivity index (χ1n) is 9.46. The molecule has 2 N–H and O–H groups in total. The minimum absolute atomic E-state index is 0.0182. The van der Waals surface area contributed by atoms with E-state index in [1.807, 2.05) is 16.8 Å². The molecule has 0 aliphatic carbocycles. The maximum atomic E-state index is 13.5. The van der Waals surface area contributed by atoms with Gasteiger partial charge in [0.05, 0.1) is 19.7 Å². The molecule has 0 saturated carbocycles. The van der Waals surface area contributed by atoms with E-state index in [2.05, 4.69) is 15.5 Å². The van der Waals surface area contributed by atoms with Crippen molar-refractivity contribution < 1.29 is 18.9 Å². The van der Waals surface area contributed by atoms with Crippen molar-refractivity contribution in [2.24, 2.45) is 0 Å². The minimum atomic E-state index is -0.216. The second kappa shape index (κ2) is 7.77. The lowest BCUT2D eigenvalue weighted by Gasteiger charge is -2.36. The second-order valence-corrected chi connectivity index (χ2v) is 7.35. The summed E-state index contributed by atoms with van der Waals surface area (Å²) in [6.45, 7) is 5.83. The van der Waals surface area contributed by atoms with Crippen molar-refractivity contribution in [2.75, 3.05) is 39.9 Å². The molecule has 0 bridgehead atoms. The zero-order valence-electron chi connectivity index (χ0n) is 15.2. The zero-order chi connectivity index (χ0) is 17.9. The Balaban J connectivity index is 1.66. The van der Waals surface area contributed by atoms with Crippen molar-refractivity contribution in [3.05, 3.63) is 41.5 Å². The first-order valence-corrected chi connectivity index (χ1v) is 9.46. The van der Waals surface area contributed by atoms with Gasteiger partial charge in [0.1, 0.15) is 31.5 Å². The summed E-state index contributed by atoms with van der Waals surface area (Å²) in [4.78, 5) is 3.21. The number of tetrazole rings is 1. The van der Waals surface area contributed by atoms with Gasteiger partial charge in [-0.15, -0.1) is 5.10 Å². The third kappa shape index (κ3) is 3.49. The topological polar surface area (TPSA) is 61.7 Å². The van der Waals surface area contributed by atoms with E-state index in [0.717, 1.165) is 24.5 Å². The summed E-state index contributed by atoms with van der Waals surface area (Å²) in [6, 6.07) is 7.53. The van der Waals surface area contributed by atoms with Crippen LogP contribution in [0.4, 0.5) is 4.39 Å². The van der Waals surface area contributed by atoms with Crippen molar-refractivity contribution in [2.45, 2.75) is 31.5 Å². The first kappa shape index (κ1) is 17.5. The van der Waals surface area contributed by atoms with Gasteiger partial charge in [0.15, 0.2) is 6.04 Å². The molecule has 2 aliphatic rings. The highest BCUT2D eigenvalue weighted by Gasteiger charge is 2.42. The number of halogens is 1. The molecule has 8 heteroatoms. The quantitative estimate of drug-likeness (QED) is 0.656. The van der Waals surface area contributed by atoms with Gasteiger partial charge in [-0.25, -0.2) is 9.07 Å². The highest BCUT2D eigenvalue weighted by molar-refractivity contribution is 5.23. The molecule has 2 fully saturated rings. The van der Waals surface area contributed by atoms with Crippen LogP contribution in [0.2, 0.25) is 0 Å². The number of fused-ring (bicyclic) bond motifs is 1. The number of hydrogen-bond acceptors (Lipinski definition) is 4. The lowest BCUT2D eigenvalue weighted by atomic mass is 10.0. The molecular formula is C18H27FN6O+2. The average Bonchev–Trinajstić information content (AvgIpc) is 3.31. The largest absolute Gasteiger partial charge is 0.383 e. The normalized spacial score (nSPS) is 26.6. The van der Waals surface area contributed by atoms with Crippen molar-refractivity contribution in [1.29, 1.82) is 0 Å². The molecule has 4 rings (SSSR count). The average molecular weight is 362 g/mol. The van der Waals surface area contributed by atoms with Crippen LogP contribution >= 0.6 is 0 Å². The van der Waals surface area contributed by atoms with E-state index < -0.39 is 0 Å². The fourth-order valence-corrected chi connectivity index (χ4v) is 4.54. The van der Waals surface area contributed by atoms with E-state index in [-0.39, 0.29) is 11.9 Å². The van der Waals surface area contributed by atoms with Crippen molar-refractivity contribution in [3.63, 3.8) is 0 Å². The molecule has 3 heterocycles. The Labute approximate surface area is 152 Å². The van der Waals surface area contributed by atoms with Gasteiger partial charge in [-0.1, -0.05) is 0 Å². The van der Waals surface area contributed by atoms with Crippen molar-refractivity contribution >= 4 is 0 Å². The predicted molar refractivity (Wildman–Crippen MR) is 92.4 cm³/mol. The van der Waals surface area contributed by atoms with E-state index in [9.17, 15) is 4.39 Å². The number of aromatic nitrogens is 4. The van der Waals surface area contributed by atoms with Gasteiger partial charge < -0.3 is 14.5 Å². The summed E-state index contributed by atoms with van der Waals surface area (Å²) >= 11 is 0. The van der Waals surface area contributed by atoms with Gasteiger partial charge in [-0.05, 0) is 34.7 Å². The molecule has 7 nitrogen and oxygen atoms in total. The molecule has 26 heavy (non-hydrogen) atoms. The van der Waals surface area contributed by atoms with E-state index in [1.54, 1.807) is 12.0 Å². The standard InChI is InChI=1S/C18H25FN6O/c1-26-12-11-25-18(20-21-22-25)17(14-4-6-15(19)7-5-14)24-10-9-23-8-2-3-16(23)13-24/h4-7,16-17H,2-3,8-13H2,1H3/p+2/t16-,17-/m1/s1. The Morgan fingerprint density at radius 1 is 1.27 bits per heavy atom. The summed E-state index contributed by atoms with van der Waals surface area (Å²) < 4.78 is 20.5. The molecule has 1 aromatic heterocycles. The lowest BCUT2D eigenvalue weighted by molar-refractivity contribution is -1.03. The Hall–Kier alpha value is -1.90. The molecule has 0 radical (unpaired) electrons. The van der Waals surface area contributed by atoms with Crippen LogP contribution in [0.3, 0.4) is 0 Å². The summed E-state index contributed by atoms with van der Waals surface area (Å²) in [7, 11) is 1.68. The SMILES string of the molecule is COCCn1nnnc1[C@@H](c1ccc(F)cc1)[NH+]1CC[NH+]2CCC[C@@H]2C1. The number of benzene rings is 1. The first-order chi connectivity index (χ1) is 12.8. The van der Waals surface area contributed by atoms with E-state index in [1.165, 1.54) is 43.0 Å². The number of methoxy groups -OCH3 is 1. The predicted octanol–water partition coefficient (Wildman–Crippen LogP) is -1.51. The Kier molecular flexibility index (Phi) is 5.23. The Morgan fingerprint density at radius 2 is 2.12 bits per heavy atom. The van der Waals surface area contributed by atoms with Gasteiger partial charge >= 0.3 is 0 Å². The molecule has 1 aromatic carbocycles. The van der Waals surface area contributed by atoms with Gasteiger partial charge in [-0.3, -0.25) is 0 Å². The number of nitrogens with zero attached hydrogens (tertiary/aromatic N) is 4. The van der Waals surface area contributed by atoms with E-state index in [4.69, 9.17) is 4.74 Å². The summed E-state index contributed by atoms with van der Waals surface area (Å²) in [5, 5.41) is 12.4. The summed E-state index contributed by atoms with van der Waals surface area (Å²) in [6.07, 6.45) is 2.61. The molecule has 2 unspecified atom stereocenters. The van der Waals surface area contributed by atoms with E-state index >= 15 is 0 Å². The van der Waals surface area contributed by atoms with Crippen LogP contribution < -0.4 is 9.80 Å². The number of rotatable bonds is 6. The number of ether oxygens (including phenoxy) is 1. The monoisotopic (exact) mass is 362 g/mol. The maximum Gasteiger partial charge on any atom is 0.214 e. The second-order valence-electron chi connectivity index (χ2n) is 7.35. The van der Waals surface area contributed by atoms with Crippen LogP contribution in [-0.2, 0) is 11.3 Å². The van der Waals surface area contributed by atoms with Crippen LogP contribution in [0.25, 0.3) is 0 Å². The molecule has 140 valence electrons. The number of nitrogens with one attached hydrogen (secondary N) is 2. The summed E-state index contributed by atoms with van der Waals surface area (Å²) in [5.41, 5.74) is 1.07. The third-order valence-corrected chi connectivity index (χ3v) is 5.84. The van der Waals surface area contributed by atoms with Crippen LogP contribution in [0.1, 0.15) is 30.3 Å². The van der Waals surface area contributed by atoms with Crippen LogP contribution in [-0.4, -0.2) is 66.1 Å². The van der Waals surface area contributed by atoms with Crippen molar-refractivity contribution in [1.82, 2.24) is 20.2 Å². The Bertz CT molecular complexity index is 721. The molecular weight excluding hydrogens is 335 g/mol. The minimum Gasteiger partial charge on any atom is -0.383 e. The van der Waals surface area contributed by atoms with Gasteiger partial charge in [-0.2, -0.15) is 0 Å². The molecule has 4 atom stereocenters. The molecule has 2 aromatic rings. The van der Waals surface area contributed by atoms with Gasteiger partial charge in [0.25, 0.3) is 0 Å². The Morgan fingerprint density at radius 3 is 2.92 bits per heavy atom. The molecule has 2 saturated heterocycles. The van der Waals surface area contributed by atoms with Crippen LogP contribution in [0.15, 0.2) is 24.3 Å². The fourth-order valence-electron chi connectivity index (χ4n) is 4.54. The molecule has 0 spiro atoms.